The Balaban J connectivity index is 0.886. The van der Waals surface area contributed by atoms with Crippen LogP contribution in [0.15, 0.2) is 78.2 Å². The first-order valence-corrected chi connectivity index (χ1v) is 19.4. The highest BCUT2D eigenvalue weighted by molar-refractivity contribution is 6.05. The van der Waals surface area contributed by atoms with Crippen molar-refractivity contribution in [2.75, 3.05) is 30.4 Å². The van der Waals surface area contributed by atoms with Gasteiger partial charge in [-0.25, -0.2) is 19.3 Å². The SMILES string of the molecule is C=CCn1c(=O)c2cnc(Nc3ccc(N(C)CCCCOc4cccc5c4CN(C4CCC(=O)NC4=O)C5=O)cc3)nc2n1-c1ccc2c(n1)[C@@](O)(CC)CC2. The van der Waals surface area contributed by atoms with Crippen LogP contribution in [0.25, 0.3) is 16.9 Å². The van der Waals surface area contributed by atoms with Crippen molar-refractivity contribution in [3.8, 4) is 11.6 Å². The molecule has 8 rings (SSSR count). The fourth-order valence-electron chi connectivity index (χ4n) is 8.00. The van der Waals surface area contributed by atoms with Crippen LogP contribution in [0.1, 0.15) is 72.6 Å². The van der Waals surface area contributed by atoms with Crippen molar-refractivity contribution in [3.05, 3.63) is 106 Å². The number of benzene rings is 2. The Kier molecular flexibility index (Phi) is 10.1. The van der Waals surface area contributed by atoms with Gasteiger partial charge >= 0.3 is 0 Å². The van der Waals surface area contributed by atoms with Gasteiger partial charge in [0.2, 0.25) is 17.8 Å². The lowest BCUT2D eigenvalue weighted by atomic mass is 9.98. The third-order valence-corrected chi connectivity index (χ3v) is 11.2. The van der Waals surface area contributed by atoms with Crippen molar-refractivity contribution < 1.29 is 24.2 Å². The summed E-state index contributed by atoms with van der Waals surface area (Å²) in [6, 6.07) is 16.5. The summed E-state index contributed by atoms with van der Waals surface area (Å²) in [5, 5.41) is 17.2. The molecular formula is C42H45N9O6. The molecule has 1 saturated heterocycles. The quantitative estimate of drug-likeness (QED) is 0.0823. The summed E-state index contributed by atoms with van der Waals surface area (Å²) in [4.78, 5) is 68.4. The van der Waals surface area contributed by atoms with E-state index in [1.807, 2.05) is 56.4 Å². The molecule has 3 amide bonds. The smallest absolute Gasteiger partial charge is 0.278 e. The van der Waals surface area contributed by atoms with Gasteiger partial charge in [-0.05, 0) is 86.6 Å². The molecule has 15 heteroatoms. The second kappa shape index (κ2) is 15.3. The Bertz CT molecular complexity index is 2460. The topological polar surface area (TPSA) is 177 Å². The van der Waals surface area contributed by atoms with E-state index in [-0.39, 0.29) is 36.9 Å². The van der Waals surface area contributed by atoms with E-state index in [4.69, 9.17) is 14.7 Å². The number of nitrogens with one attached hydrogen (secondary N) is 2. The zero-order chi connectivity index (χ0) is 39.8. The number of aliphatic hydroxyl groups is 1. The molecule has 5 heterocycles. The normalized spacial score (nSPS) is 18.8. The molecule has 3 N–H and O–H groups in total. The lowest BCUT2D eigenvalue weighted by Gasteiger charge is -2.29. The predicted molar refractivity (Wildman–Crippen MR) is 214 cm³/mol. The number of rotatable bonds is 14. The Morgan fingerprint density at radius 3 is 2.67 bits per heavy atom. The highest BCUT2D eigenvalue weighted by atomic mass is 16.5. The molecule has 2 atom stereocenters. The van der Waals surface area contributed by atoms with Crippen LogP contribution in [0.2, 0.25) is 0 Å². The number of fused-ring (bicyclic) bond motifs is 3. The molecule has 0 radical (unpaired) electrons. The molecule has 5 aromatic rings. The van der Waals surface area contributed by atoms with Gasteiger partial charge < -0.3 is 25.0 Å². The summed E-state index contributed by atoms with van der Waals surface area (Å²) < 4.78 is 9.34. The minimum absolute atomic E-state index is 0.209. The highest BCUT2D eigenvalue weighted by Gasteiger charge is 2.40. The third kappa shape index (κ3) is 7.03. The van der Waals surface area contributed by atoms with Crippen LogP contribution in [0.3, 0.4) is 0 Å². The largest absolute Gasteiger partial charge is 0.493 e. The zero-order valence-electron chi connectivity index (χ0n) is 32.0. The summed E-state index contributed by atoms with van der Waals surface area (Å²) in [6.07, 6.45) is 7.24. The molecule has 1 unspecified atom stereocenters. The molecule has 2 aromatic carbocycles. The number of carbonyl (C=O) groups is 3. The van der Waals surface area contributed by atoms with Crippen LogP contribution in [-0.2, 0) is 34.7 Å². The lowest BCUT2D eigenvalue weighted by molar-refractivity contribution is -0.136. The Morgan fingerprint density at radius 1 is 1.07 bits per heavy atom. The summed E-state index contributed by atoms with van der Waals surface area (Å²) in [6.45, 7) is 7.55. The molecule has 3 aromatic heterocycles. The van der Waals surface area contributed by atoms with Gasteiger partial charge in [-0.2, -0.15) is 4.98 Å². The van der Waals surface area contributed by atoms with Crippen molar-refractivity contribution in [1.29, 1.82) is 0 Å². The number of hydrogen-bond acceptors (Lipinski definition) is 11. The monoisotopic (exact) mass is 771 g/mol. The van der Waals surface area contributed by atoms with Crippen LogP contribution in [0, 0.1) is 0 Å². The van der Waals surface area contributed by atoms with Crippen LogP contribution in [0.4, 0.5) is 17.3 Å². The van der Waals surface area contributed by atoms with Crippen LogP contribution in [-0.4, -0.2) is 78.3 Å². The standard InChI is InChI=1S/C42H45N9O6/c1-4-21-50-40(55)30-24-43-41(47-37(30)51(50)34-17-11-26-19-20-42(56,5-2)36(26)45-34)44-27-12-14-28(15-13-27)48(3)22-6-7-23-57-33-10-8-9-29-31(33)25-49(39(29)54)32-16-18-35(52)46-38(32)53/h4,8-15,17,24,32,56H,1,5-7,16,18-23,25H2,2-3H3,(H,43,44,47)(H,46,52,53)/t32?,42-/m1/s1. The van der Waals surface area contributed by atoms with Crippen molar-refractivity contribution in [1.82, 2.24) is 34.5 Å². The summed E-state index contributed by atoms with van der Waals surface area (Å²) in [5.74, 6) is 0.471. The van der Waals surface area contributed by atoms with E-state index >= 15 is 0 Å². The summed E-state index contributed by atoms with van der Waals surface area (Å²) in [5.41, 5.74) is 3.87. The lowest BCUT2D eigenvalue weighted by Crippen LogP contribution is -2.52. The number of ether oxygens (including phenoxy) is 1. The number of allylic oxidation sites excluding steroid dienone is 1. The minimum Gasteiger partial charge on any atom is -0.493 e. The van der Waals surface area contributed by atoms with Crippen molar-refractivity contribution in [2.45, 2.75) is 76.6 Å². The highest BCUT2D eigenvalue weighted by Crippen LogP contribution is 2.39. The van der Waals surface area contributed by atoms with Gasteiger partial charge in [0, 0.05) is 48.7 Å². The first-order chi connectivity index (χ1) is 27.6. The van der Waals surface area contributed by atoms with Crippen LogP contribution >= 0.6 is 0 Å². The number of aromatic nitrogens is 5. The van der Waals surface area contributed by atoms with Gasteiger partial charge in [0.05, 0.1) is 25.4 Å². The molecule has 0 spiro atoms. The third-order valence-electron chi connectivity index (χ3n) is 11.2. The Morgan fingerprint density at radius 2 is 1.89 bits per heavy atom. The number of aryl methyl sites for hydroxylation is 1. The average molecular weight is 772 g/mol. The first kappa shape index (κ1) is 37.6. The van der Waals surface area contributed by atoms with Gasteiger partial charge in [0.25, 0.3) is 11.5 Å². The van der Waals surface area contributed by atoms with Crippen molar-refractivity contribution in [2.24, 2.45) is 0 Å². The second-order valence-corrected chi connectivity index (χ2v) is 14.8. The van der Waals surface area contributed by atoms with Crippen LogP contribution < -0.4 is 25.8 Å². The van der Waals surface area contributed by atoms with E-state index in [1.54, 1.807) is 22.9 Å². The van der Waals surface area contributed by atoms with Gasteiger partial charge in [-0.3, -0.25) is 24.5 Å². The van der Waals surface area contributed by atoms with Gasteiger partial charge in [0.15, 0.2) is 11.5 Å². The maximum atomic E-state index is 13.5. The fourth-order valence-corrected chi connectivity index (χ4v) is 8.00. The van der Waals surface area contributed by atoms with Crippen LogP contribution in [0.5, 0.6) is 5.75 Å². The fraction of sp³-hybridized carbons (Fsp3) is 0.357. The number of nitrogens with zero attached hydrogens (tertiary/aromatic N) is 7. The second-order valence-electron chi connectivity index (χ2n) is 14.8. The number of imide groups is 1. The van der Waals surface area contributed by atoms with Gasteiger partial charge in [-0.15, -0.1) is 6.58 Å². The maximum Gasteiger partial charge on any atom is 0.278 e. The van der Waals surface area contributed by atoms with Crippen molar-refractivity contribution in [3.63, 3.8) is 0 Å². The molecule has 1 aliphatic carbocycles. The van der Waals surface area contributed by atoms with E-state index < -0.39 is 17.6 Å². The van der Waals surface area contributed by atoms with Gasteiger partial charge in [-0.1, -0.05) is 25.1 Å². The molecule has 0 saturated carbocycles. The molecule has 1 fully saturated rings. The first-order valence-electron chi connectivity index (χ1n) is 19.4. The summed E-state index contributed by atoms with van der Waals surface area (Å²) >= 11 is 0. The molecule has 2 aliphatic heterocycles. The number of anilines is 3. The average Bonchev–Trinajstić information content (AvgIpc) is 3.83. The molecule has 15 nitrogen and oxygen atoms in total. The van der Waals surface area contributed by atoms with Crippen molar-refractivity contribution >= 4 is 46.1 Å². The van der Waals surface area contributed by atoms with E-state index in [0.29, 0.717) is 65.7 Å². The van der Waals surface area contributed by atoms with E-state index in [0.717, 1.165) is 48.3 Å². The van der Waals surface area contributed by atoms with Gasteiger partial charge in [0.1, 0.15) is 22.8 Å². The number of carbonyl (C=O) groups excluding carboxylic acids is 3. The molecule has 3 aliphatic rings. The van der Waals surface area contributed by atoms with E-state index in [2.05, 4.69) is 27.1 Å². The number of unbranched alkanes of at least 4 members (excludes halogenated alkanes) is 1. The Labute approximate surface area is 329 Å². The molecule has 57 heavy (non-hydrogen) atoms. The molecular weight excluding hydrogens is 727 g/mol. The maximum absolute atomic E-state index is 13.5. The van der Waals surface area contributed by atoms with E-state index in [9.17, 15) is 24.3 Å². The minimum atomic E-state index is -1.01. The molecule has 0 bridgehead atoms. The number of pyridine rings is 1. The Hall–Kier alpha value is -6.35. The molecule has 294 valence electrons. The number of hydrogen-bond donors (Lipinski definition) is 3. The number of piperidine rings is 1. The number of amides is 3. The predicted octanol–water partition coefficient (Wildman–Crippen LogP) is 4.51. The zero-order valence-corrected chi connectivity index (χ0v) is 32.0. The summed E-state index contributed by atoms with van der Waals surface area (Å²) in [7, 11) is 2.03. The van der Waals surface area contributed by atoms with E-state index in [1.165, 1.54) is 15.8 Å².